The number of hydrogen-bond donors (Lipinski definition) is 7. The van der Waals surface area contributed by atoms with Crippen LogP contribution in [0.5, 0.6) is 0 Å². The van der Waals surface area contributed by atoms with Gasteiger partial charge in [-0.3, -0.25) is 9.59 Å². The maximum Gasteiger partial charge on any atom is 0.496 e. The number of benzene rings is 3. The fraction of sp³-hybridized carbons (Fsp3) is 0.265. The van der Waals surface area contributed by atoms with E-state index in [0.717, 1.165) is 44.4 Å². The van der Waals surface area contributed by atoms with Crippen LogP contribution in [0, 0.1) is 38.6 Å². The van der Waals surface area contributed by atoms with Gasteiger partial charge in [0, 0.05) is 60.5 Å². The van der Waals surface area contributed by atoms with E-state index in [-0.39, 0.29) is 22.6 Å². The molecule has 1 saturated heterocycles. The van der Waals surface area contributed by atoms with E-state index in [9.17, 15) is 52.8 Å². The van der Waals surface area contributed by atoms with Crippen LogP contribution >= 0.6 is 59.4 Å². The number of carbonyl (C=O) groups is 3. The normalized spacial score (nSPS) is 12.9. The molecule has 7 rings (SSSR count). The van der Waals surface area contributed by atoms with Crippen molar-refractivity contribution in [1.82, 2.24) is 24.4 Å². The van der Waals surface area contributed by atoms with Gasteiger partial charge in [-0.05, 0) is 153 Å². The molecule has 442 valence electrons. The predicted octanol–water partition coefficient (Wildman–Crippen LogP) is 7.80. The van der Waals surface area contributed by atoms with Crippen molar-refractivity contribution in [2.75, 3.05) is 42.4 Å². The van der Waals surface area contributed by atoms with Gasteiger partial charge in [0.05, 0.1) is 52.6 Å². The number of nitrogen functional groups attached to an aromatic ring is 3. The van der Waals surface area contributed by atoms with Crippen molar-refractivity contribution in [1.29, 1.82) is 0 Å². The number of rotatable bonds is 7. The lowest BCUT2D eigenvalue weighted by atomic mass is 9.80. The van der Waals surface area contributed by atoms with Gasteiger partial charge < -0.3 is 31.6 Å². The minimum absolute atomic E-state index is 0.00258. The van der Waals surface area contributed by atoms with Gasteiger partial charge in [-0.1, -0.05) is 37.9 Å². The number of carboxylic acid groups (broad SMARTS) is 1. The molecule has 0 spiro atoms. The highest BCUT2D eigenvalue weighted by atomic mass is 79.9. The SMILES string of the molecule is CC1(C)OB(c2cnc(F)c(N)c2)OC1(C)C.CCl.CS(N)(=O)=O.Cc1cc(C(=O)NS(C)(=O)=O)ccc1-c1cnc(F)c(N)c1.Cc1cc(C(=O)NS(C)(=O)=O)ccc1Br.Cc1cc(C(=O)O)ccc1Br.Nc1cc(Br)cnc1F. The van der Waals surface area contributed by atoms with Gasteiger partial charge in [0.1, 0.15) is 0 Å². The molecule has 3 aromatic heterocycles. The molecule has 0 unspecified atom stereocenters. The van der Waals surface area contributed by atoms with Gasteiger partial charge in [-0.25, -0.2) is 59.6 Å². The van der Waals surface area contributed by atoms with E-state index in [1.165, 1.54) is 55.3 Å². The van der Waals surface area contributed by atoms with Crippen LogP contribution in [0.4, 0.5) is 30.2 Å². The highest BCUT2D eigenvalue weighted by Crippen LogP contribution is 2.36. The van der Waals surface area contributed by atoms with Crippen molar-refractivity contribution >= 4 is 137 Å². The third-order valence-electron chi connectivity index (χ3n) is 10.3. The first-order chi connectivity index (χ1) is 37.0. The van der Waals surface area contributed by atoms with Crippen LogP contribution in [0.25, 0.3) is 11.1 Å². The number of halogens is 7. The van der Waals surface area contributed by atoms with Crippen molar-refractivity contribution in [3.63, 3.8) is 0 Å². The van der Waals surface area contributed by atoms with Crippen LogP contribution in [-0.2, 0) is 39.4 Å². The number of nitrogens with zero attached hydrogens (tertiary/aromatic N) is 3. The second kappa shape index (κ2) is 31.6. The first-order valence-electron chi connectivity index (χ1n) is 22.5. The van der Waals surface area contributed by atoms with E-state index < -0.39 is 84.0 Å². The predicted molar refractivity (Wildman–Crippen MR) is 320 cm³/mol. The Morgan fingerprint density at radius 3 is 1.31 bits per heavy atom. The minimum Gasteiger partial charge on any atom is -0.478 e. The van der Waals surface area contributed by atoms with Crippen LogP contribution in [0.2, 0.25) is 0 Å². The van der Waals surface area contributed by atoms with E-state index in [0.29, 0.717) is 32.2 Å². The summed E-state index contributed by atoms with van der Waals surface area (Å²) in [5, 5.41) is 12.9. The van der Waals surface area contributed by atoms with Crippen molar-refractivity contribution in [2.24, 2.45) is 5.14 Å². The highest BCUT2D eigenvalue weighted by molar-refractivity contribution is 9.11. The summed E-state index contributed by atoms with van der Waals surface area (Å²) in [6.45, 7) is 13.2. The van der Waals surface area contributed by atoms with Crippen LogP contribution in [-0.4, -0.2) is 107 Å². The summed E-state index contributed by atoms with van der Waals surface area (Å²) >= 11 is 14.3. The quantitative estimate of drug-likeness (QED) is 0.0455. The second-order valence-corrected chi connectivity index (χ2v) is 25.7. The monoisotopic (exact) mass is 1400 g/mol. The van der Waals surface area contributed by atoms with E-state index in [1.807, 2.05) is 51.0 Å². The second-order valence-electron chi connectivity index (χ2n) is 17.9. The topological polar surface area (TPSA) is 359 Å². The van der Waals surface area contributed by atoms with Crippen LogP contribution in [0.3, 0.4) is 0 Å². The number of hydrogen-bond acceptors (Lipinski definition) is 17. The molecule has 81 heavy (non-hydrogen) atoms. The summed E-state index contributed by atoms with van der Waals surface area (Å²) in [6, 6.07) is 18.8. The molecule has 4 heterocycles. The van der Waals surface area contributed by atoms with Gasteiger partial charge in [-0.2, -0.15) is 13.2 Å². The largest absolute Gasteiger partial charge is 0.496 e. The van der Waals surface area contributed by atoms with Gasteiger partial charge in [0.25, 0.3) is 11.8 Å². The molecule has 11 N–H and O–H groups in total. The zero-order valence-electron chi connectivity index (χ0n) is 45.2. The summed E-state index contributed by atoms with van der Waals surface area (Å²) < 4.78 is 119. The summed E-state index contributed by atoms with van der Waals surface area (Å²) in [5.41, 5.74) is 20.5. The minimum atomic E-state index is -3.62. The number of anilines is 3. The third kappa shape index (κ3) is 26.4. The first-order valence-corrected chi connectivity index (χ1v) is 31.4. The molecule has 21 nitrogen and oxygen atoms in total. The highest BCUT2D eigenvalue weighted by Gasteiger charge is 2.52. The number of nitrogens with one attached hydrogen (secondary N) is 2. The number of carboxylic acids is 1. The lowest BCUT2D eigenvalue weighted by Crippen LogP contribution is -2.41. The Balaban J connectivity index is 0.000000505. The lowest BCUT2D eigenvalue weighted by Gasteiger charge is -2.32. The number of primary sulfonamides is 1. The number of pyridine rings is 3. The molecular formula is C49H59BBr3ClF3N9O12S3. The Morgan fingerprint density at radius 1 is 0.593 bits per heavy atom. The Hall–Kier alpha value is -5.77. The molecule has 3 aromatic carbocycles. The molecule has 1 aliphatic rings. The zero-order chi connectivity index (χ0) is 62.8. The Kier molecular flexibility index (Phi) is 28.6. The average molecular weight is 1410 g/mol. The Bertz CT molecular complexity index is 3540. The van der Waals surface area contributed by atoms with Crippen LogP contribution in [0.1, 0.15) is 75.5 Å². The van der Waals surface area contributed by atoms with Gasteiger partial charge in [0.15, 0.2) is 0 Å². The fourth-order valence-corrected chi connectivity index (χ4v) is 7.54. The maximum atomic E-state index is 13.1. The number of alkyl halides is 1. The average Bonchev–Trinajstić information content (AvgIpc) is 3.61. The standard InChI is InChI=1S/C14H14FN3O3S.C11H16BFN2O2.C9H10BrNO3S.C8H7BrO2.C5H4BrFN2.CH3Cl.CH5NO2S/c1-8-5-9(14(19)18-22(2,20)21)3-4-11(8)10-6-12(16)13(15)17-7-10;1-10(2)11(3,4)17-12(16-10)7-5-8(14)9(13)15-6-7;1-6-5-7(3-4-8(6)10)9(12)11-15(2,13)14;1-5-4-6(8(10)11)2-3-7(5)9;6-3-1-4(8)5(7)9-2-3;1-2;1-5(2,3)4/h3-7H,16H2,1-2H3,(H,18,19);5-6H,14H2,1-4H3;3-5H,1-2H3,(H,11,12);2-4H,1H3,(H,10,11);1-2H,8H2;1H3;1H3,(H2,2,3,4). The number of aromatic carboxylic acids is 1. The van der Waals surface area contributed by atoms with Gasteiger partial charge in [-0.15, -0.1) is 11.6 Å². The van der Waals surface area contributed by atoms with Crippen molar-refractivity contribution in [2.45, 2.75) is 59.7 Å². The molecular weight excluding hydrogens is 1350 g/mol. The molecule has 32 heteroatoms. The fourth-order valence-electron chi connectivity index (χ4n) is 5.79. The molecule has 2 amide bonds. The molecule has 0 atom stereocenters. The van der Waals surface area contributed by atoms with Crippen LogP contribution < -0.4 is 37.2 Å². The number of amides is 2. The van der Waals surface area contributed by atoms with E-state index in [2.05, 4.69) is 79.5 Å². The Labute approximate surface area is 499 Å². The molecule has 6 aromatic rings. The Morgan fingerprint density at radius 2 is 0.951 bits per heavy atom. The maximum absolute atomic E-state index is 13.1. The van der Waals surface area contributed by atoms with E-state index >= 15 is 0 Å². The van der Waals surface area contributed by atoms with E-state index in [1.54, 1.807) is 49.4 Å². The molecule has 0 saturated carbocycles. The molecule has 1 aliphatic heterocycles. The van der Waals surface area contributed by atoms with Crippen LogP contribution in [0.15, 0.2) is 105 Å². The molecule has 0 radical (unpaired) electrons. The molecule has 1 fully saturated rings. The smallest absolute Gasteiger partial charge is 0.478 e. The van der Waals surface area contributed by atoms with E-state index in [4.69, 9.17) is 31.6 Å². The number of carbonyl (C=O) groups excluding carboxylic acids is 2. The van der Waals surface area contributed by atoms with Gasteiger partial charge in [0.2, 0.25) is 47.9 Å². The van der Waals surface area contributed by atoms with Crippen molar-refractivity contribution in [3.8, 4) is 11.1 Å². The third-order valence-corrected chi connectivity index (χ3v) is 13.6. The zero-order valence-corrected chi connectivity index (χ0v) is 53.2. The molecule has 0 bridgehead atoms. The number of aryl methyl sites for hydroxylation is 3. The number of aromatic nitrogens is 3. The summed E-state index contributed by atoms with van der Waals surface area (Å²) in [6.07, 6.45) is 8.33. The van der Waals surface area contributed by atoms with Crippen molar-refractivity contribution in [3.05, 3.63) is 156 Å². The van der Waals surface area contributed by atoms with Crippen molar-refractivity contribution < 1.29 is 67.2 Å². The number of sulfonamides is 3. The summed E-state index contributed by atoms with van der Waals surface area (Å²) in [4.78, 5) is 44.1. The summed E-state index contributed by atoms with van der Waals surface area (Å²) in [7, 11) is -10.9. The number of nitrogens with two attached hydrogens (primary N) is 4. The summed E-state index contributed by atoms with van der Waals surface area (Å²) in [5.74, 6) is -4.27. The lowest BCUT2D eigenvalue weighted by molar-refractivity contribution is 0.00578. The molecule has 0 aliphatic carbocycles. The van der Waals surface area contributed by atoms with Gasteiger partial charge >= 0.3 is 13.1 Å². The first kappa shape index (κ1) is 73.2.